The average Bonchev–Trinajstić information content (AvgIpc) is 3.17. The highest BCUT2D eigenvalue weighted by Crippen LogP contribution is 2.40. The minimum atomic E-state index is 0.456. The largest absolute Gasteiger partial charge is 0.271 e. The normalized spacial score (nSPS) is 15.1. The summed E-state index contributed by atoms with van der Waals surface area (Å²) in [4.78, 5) is 10.8. The lowest BCUT2D eigenvalue weighted by molar-refractivity contribution is 0.667. The molecule has 1 aliphatic rings. The van der Waals surface area contributed by atoms with Gasteiger partial charge in [0.05, 0.1) is 5.52 Å². The number of thiophene rings is 1. The van der Waals surface area contributed by atoms with E-state index in [1.807, 2.05) is 10.7 Å². The third-order valence-corrected chi connectivity index (χ3v) is 5.87. The minimum absolute atomic E-state index is 0.456. The maximum absolute atomic E-state index is 5.04. The van der Waals surface area contributed by atoms with Crippen LogP contribution in [-0.4, -0.2) is 24.6 Å². The highest BCUT2D eigenvalue weighted by molar-refractivity contribution is 7.26. The molecule has 0 fully saturated rings. The van der Waals surface area contributed by atoms with E-state index in [1.165, 1.54) is 35.0 Å². The van der Waals surface area contributed by atoms with Crippen molar-refractivity contribution < 1.29 is 0 Å². The third-order valence-electron chi connectivity index (χ3n) is 4.80. The van der Waals surface area contributed by atoms with Gasteiger partial charge in [0, 0.05) is 11.1 Å². The van der Waals surface area contributed by atoms with Gasteiger partial charge in [-0.3, -0.25) is 4.40 Å². The predicted molar refractivity (Wildman–Crippen MR) is 92.2 cm³/mol. The van der Waals surface area contributed by atoms with Gasteiger partial charge in [0.25, 0.3) is 0 Å². The molecule has 6 heteroatoms. The van der Waals surface area contributed by atoms with Gasteiger partial charge >= 0.3 is 0 Å². The van der Waals surface area contributed by atoms with Crippen molar-refractivity contribution in [3.63, 3.8) is 0 Å². The third kappa shape index (κ3) is 1.78. The summed E-state index contributed by atoms with van der Waals surface area (Å²) in [6.07, 6.45) is 8.33. The maximum atomic E-state index is 5.04. The molecule has 0 aromatic carbocycles. The van der Waals surface area contributed by atoms with E-state index in [4.69, 9.17) is 9.97 Å². The first kappa shape index (κ1) is 13.4. The zero-order valence-electron chi connectivity index (χ0n) is 13.2. The molecule has 0 spiro atoms. The lowest BCUT2D eigenvalue weighted by atomic mass is 9.86. The molecule has 4 aromatic heterocycles. The minimum Gasteiger partial charge on any atom is -0.271 e. The molecule has 0 amide bonds. The first-order chi connectivity index (χ1) is 11.2. The molecule has 0 unspecified atom stereocenters. The zero-order chi connectivity index (χ0) is 15.6. The number of hydrogen-bond acceptors (Lipinski definition) is 5. The maximum Gasteiger partial charge on any atom is 0.181 e. The topological polar surface area (TPSA) is 56.0 Å². The van der Waals surface area contributed by atoms with Crippen LogP contribution in [-0.2, 0) is 12.8 Å². The summed E-state index contributed by atoms with van der Waals surface area (Å²) in [6, 6.07) is 0. The average molecular weight is 323 g/mol. The molecule has 5 rings (SSSR count). The van der Waals surface area contributed by atoms with Crippen LogP contribution in [0.5, 0.6) is 0 Å². The van der Waals surface area contributed by atoms with E-state index in [0.717, 1.165) is 33.5 Å². The molecular formula is C17H17N5S. The SMILES string of the molecule is CC(C)c1nc2sc3c(ncn4cnnc34)c2c2c1CCCC2. The highest BCUT2D eigenvalue weighted by atomic mass is 32.1. The Morgan fingerprint density at radius 2 is 1.96 bits per heavy atom. The van der Waals surface area contributed by atoms with Crippen LogP contribution < -0.4 is 0 Å². The van der Waals surface area contributed by atoms with Crippen molar-refractivity contribution in [2.75, 3.05) is 0 Å². The van der Waals surface area contributed by atoms with Crippen LogP contribution in [0.1, 0.15) is 49.4 Å². The van der Waals surface area contributed by atoms with Crippen molar-refractivity contribution in [1.29, 1.82) is 0 Å². The number of aromatic nitrogens is 5. The van der Waals surface area contributed by atoms with Gasteiger partial charge in [0.2, 0.25) is 0 Å². The Labute approximate surface area is 137 Å². The molecule has 4 aromatic rings. The van der Waals surface area contributed by atoms with Gasteiger partial charge in [-0.15, -0.1) is 21.5 Å². The number of aryl methyl sites for hydroxylation is 1. The second-order valence-electron chi connectivity index (χ2n) is 6.58. The molecule has 0 saturated heterocycles. The van der Waals surface area contributed by atoms with Gasteiger partial charge in [-0.2, -0.15) is 0 Å². The fraction of sp³-hybridized carbons (Fsp3) is 0.412. The van der Waals surface area contributed by atoms with Crippen molar-refractivity contribution in [2.45, 2.75) is 45.4 Å². The summed E-state index contributed by atoms with van der Waals surface area (Å²) >= 11 is 1.70. The summed E-state index contributed by atoms with van der Waals surface area (Å²) in [5, 5.41) is 9.54. The van der Waals surface area contributed by atoms with E-state index in [-0.39, 0.29) is 0 Å². The smallest absolute Gasteiger partial charge is 0.181 e. The Kier molecular flexibility index (Phi) is 2.74. The fourth-order valence-corrected chi connectivity index (χ4v) is 4.91. The molecule has 0 atom stereocenters. The Hall–Kier alpha value is -2.08. The van der Waals surface area contributed by atoms with Gasteiger partial charge in [0.1, 0.15) is 22.2 Å². The molecule has 0 aliphatic heterocycles. The van der Waals surface area contributed by atoms with E-state index in [9.17, 15) is 0 Å². The number of hydrogen-bond donors (Lipinski definition) is 0. The van der Waals surface area contributed by atoms with Gasteiger partial charge in [-0.05, 0) is 42.7 Å². The molecule has 23 heavy (non-hydrogen) atoms. The number of rotatable bonds is 1. The van der Waals surface area contributed by atoms with Gasteiger partial charge in [-0.25, -0.2) is 9.97 Å². The lowest BCUT2D eigenvalue weighted by Gasteiger charge is -2.21. The summed E-state index contributed by atoms with van der Waals surface area (Å²) in [5.74, 6) is 0.456. The molecule has 0 saturated carbocycles. The van der Waals surface area contributed by atoms with Gasteiger partial charge in [-0.1, -0.05) is 13.8 Å². The van der Waals surface area contributed by atoms with Crippen molar-refractivity contribution >= 4 is 37.4 Å². The quantitative estimate of drug-likeness (QED) is 0.533. The number of pyridine rings is 1. The van der Waals surface area contributed by atoms with Crippen molar-refractivity contribution in [3.05, 3.63) is 29.5 Å². The lowest BCUT2D eigenvalue weighted by Crippen LogP contribution is -2.10. The molecule has 5 nitrogen and oxygen atoms in total. The standard InChI is InChI=1S/C17H17N5S/c1-9(2)13-11-6-4-3-5-10(11)12-14-15(23-17(12)20-13)16-21-19-8-22(16)7-18-14/h7-9H,3-6H2,1-2H3. The van der Waals surface area contributed by atoms with Crippen LogP contribution in [0.4, 0.5) is 0 Å². The van der Waals surface area contributed by atoms with Crippen molar-refractivity contribution in [3.8, 4) is 0 Å². The zero-order valence-corrected chi connectivity index (χ0v) is 14.0. The number of nitrogens with zero attached hydrogens (tertiary/aromatic N) is 5. The van der Waals surface area contributed by atoms with E-state index >= 15 is 0 Å². The molecule has 4 heterocycles. The first-order valence-electron chi connectivity index (χ1n) is 8.16. The Morgan fingerprint density at radius 3 is 2.78 bits per heavy atom. The van der Waals surface area contributed by atoms with E-state index in [1.54, 1.807) is 17.7 Å². The highest BCUT2D eigenvalue weighted by Gasteiger charge is 2.24. The molecular weight excluding hydrogens is 306 g/mol. The van der Waals surface area contributed by atoms with Crippen LogP contribution in [0.2, 0.25) is 0 Å². The summed E-state index contributed by atoms with van der Waals surface area (Å²) in [7, 11) is 0. The van der Waals surface area contributed by atoms with Gasteiger partial charge in [0.15, 0.2) is 5.65 Å². The molecule has 0 bridgehead atoms. The first-order valence-corrected chi connectivity index (χ1v) is 8.98. The number of fused-ring (bicyclic) bond motifs is 7. The van der Waals surface area contributed by atoms with Crippen molar-refractivity contribution in [2.24, 2.45) is 0 Å². The predicted octanol–water partition coefficient (Wildman–Crippen LogP) is 3.89. The molecule has 116 valence electrons. The summed E-state index contributed by atoms with van der Waals surface area (Å²) in [5.41, 5.74) is 6.16. The second kappa shape index (κ2) is 4.71. The molecule has 1 aliphatic carbocycles. The summed E-state index contributed by atoms with van der Waals surface area (Å²) in [6.45, 7) is 4.48. The van der Waals surface area contributed by atoms with Crippen LogP contribution >= 0.6 is 11.3 Å². The Morgan fingerprint density at radius 1 is 1.13 bits per heavy atom. The van der Waals surface area contributed by atoms with Crippen LogP contribution in [0.3, 0.4) is 0 Å². The second-order valence-corrected chi connectivity index (χ2v) is 7.58. The van der Waals surface area contributed by atoms with E-state index in [0.29, 0.717) is 5.92 Å². The van der Waals surface area contributed by atoms with E-state index in [2.05, 4.69) is 24.0 Å². The van der Waals surface area contributed by atoms with Crippen LogP contribution in [0, 0.1) is 0 Å². The van der Waals surface area contributed by atoms with E-state index < -0.39 is 0 Å². The van der Waals surface area contributed by atoms with Crippen LogP contribution in [0.15, 0.2) is 12.7 Å². The monoisotopic (exact) mass is 323 g/mol. The Bertz CT molecular complexity index is 1060. The molecule has 0 radical (unpaired) electrons. The summed E-state index contributed by atoms with van der Waals surface area (Å²) < 4.78 is 2.98. The molecule has 0 N–H and O–H groups in total. The Balaban J connectivity index is 1.98. The van der Waals surface area contributed by atoms with Crippen molar-refractivity contribution in [1.82, 2.24) is 24.6 Å². The fourth-order valence-electron chi connectivity index (χ4n) is 3.76. The van der Waals surface area contributed by atoms with Gasteiger partial charge < -0.3 is 0 Å². The van der Waals surface area contributed by atoms with Crippen LogP contribution in [0.25, 0.3) is 26.1 Å².